The largest absolute Gasteiger partial charge is 0.484 e. The summed E-state index contributed by atoms with van der Waals surface area (Å²) >= 11 is 0. The van der Waals surface area contributed by atoms with Gasteiger partial charge in [0.25, 0.3) is 5.91 Å². The molecule has 4 nitrogen and oxygen atoms in total. The molecule has 0 spiro atoms. The van der Waals surface area contributed by atoms with Crippen LogP contribution in [0.1, 0.15) is 5.56 Å². The van der Waals surface area contributed by atoms with Gasteiger partial charge >= 0.3 is 0 Å². The van der Waals surface area contributed by atoms with E-state index in [0.717, 1.165) is 0 Å². The van der Waals surface area contributed by atoms with Gasteiger partial charge in [-0.1, -0.05) is 18.2 Å². The van der Waals surface area contributed by atoms with Crippen LogP contribution < -0.4 is 9.64 Å². The highest BCUT2D eigenvalue weighted by atomic mass is 19.1. The van der Waals surface area contributed by atoms with Crippen LogP contribution in [0.4, 0.5) is 14.6 Å². The average Bonchev–Trinajstić information content (AvgIpc) is 2.66. The predicted octanol–water partition coefficient (Wildman–Crippen LogP) is 3.97. The minimum absolute atomic E-state index is 0.153. The number of ether oxygens (including phenoxy) is 1. The first-order valence-corrected chi connectivity index (χ1v) is 7.96. The van der Waals surface area contributed by atoms with Crippen LogP contribution in [-0.4, -0.2) is 17.5 Å². The molecule has 3 rings (SSSR count). The highest BCUT2D eigenvalue weighted by molar-refractivity contribution is 5.93. The molecule has 2 aromatic carbocycles. The summed E-state index contributed by atoms with van der Waals surface area (Å²) < 4.78 is 31.8. The summed E-state index contributed by atoms with van der Waals surface area (Å²) in [7, 11) is 0. The molecule has 1 heterocycles. The summed E-state index contributed by atoms with van der Waals surface area (Å²) in [6.07, 6.45) is 1.57. The summed E-state index contributed by atoms with van der Waals surface area (Å²) in [5, 5.41) is 0. The number of hydrogen-bond acceptors (Lipinski definition) is 3. The van der Waals surface area contributed by atoms with Gasteiger partial charge in [0.15, 0.2) is 6.61 Å². The number of benzene rings is 2. The Morgan fingerprint density at radius 1 is 0.962 bits per heavy atom. The van der Waals surface area contributed by atoms with Crippen LogP contribution in [0.5, 0.6) is 5.75 Å². The van der Waals surface area contributed by atoms with Crippen molar-refractivity contribution in [2.24, 2.45) is 0 Å². The van der Waals surface area contributed by atoms with E-state index < -0.39 is 0 Å². The van der Waals surface area contributed by atoms with Crippen molar-refractivity contribution >= 4 is 11.7 Å². The van der Waals surface area contributed by atoms with Crippen LogP contribution in [0.15, 0.2) is 72.9 Å². The summed E-state index contributed by atoms with van der Waals surface area (Å²) in [5.41, 5.74) is 0.630. The SMILES string of the molecule is O=C(COc1ccc(F)cc1)N(Cc1cccc(F)c1)c1ccccn1. The molecule has 0 atom stereocenters. The smallest absolute Gasteiger partial charge is 0.266 e. The summed E-state index contributed by atoms with van der Waals surface area (Å²) in [5.74, 6) is -0.295. The van der Waals surface area contributed by atoms with Crippen molar-refractivity contribution in [1.29, 1.82) is 0 Å². The van der Waals surface area contributed by atoms with Gasteiger partial charge in [0, 0.05) is 6.20 Å². The van der Waals surface area contributed by atoms with Crippen molar-refractivity contribution in [2.75, 3.05) is 11.5 Å². The molecule has 132 valence electrons. The third-order valence-corrected chi connectivity index (χ3v) is 3.63. The number of carbonyl (C=O) groups is 1. The Kier molecular flexibility index (Phi) is 5.53. The van der Waals surface area contributed by atoms with Gasteiger partial charge in [-0.3, -0.25) is 9.69 Å². The Morgan fingerprint density at radius 3 is 2.46 bits per heavy atom. The standard InChI is InChI=1S/C20H16F2N2O2/c21-16-7-9-18(10-8-16)26-14-20(25)24(19-6-1-2-11-23-19)13-15-4-3-5-17(22)12-15/h1-12H,13-14H2. The van der Waals surface area contributed by atoms with E-state index in [1.54, 1.807) is 36.5 Å². The van der Waals surface area contributed by atoms with E-state index >= 15 is 0 Å². The van der Waals surface area contributed by atoms with Crippen LogP contribution in [0, 0.1) is 11.6 Å². The van der Waals surface area contributed by atoms with Crippen LogP contribution in [0.2, 0.25) is 0 Å². The lowest BCUT2D eigenvalue weighted by molar-refractivity contribution is -0.120. The number of aromatic nitrogens is 1. The number of halogens is 2. The fourth-order valence-corrected chi connectivity index (χ4v) is 2.38. The zero-order valence-corrected chi connectivity index (χ0v) is 13.8. The van der Waals surface area contributed by atoms with E-state index in [1.807, 2.05) is 0 Å². The molecule has 0 bridgehead atoms. The molecule has 0 radical (unpaired) electrons. The number of pyridine rings is 1. The Hall–Kier alpha value is -3.28. The number of nitrogens with zero attached hydrogens (tertiary/aromatic N) is 2. The molecule has 0 fully saturated rings. The van der Waals surface area contributed by atoms with Crippen LogP contribution in [0.25, 0.3) is 0 Å². The number of hydrogen-bond donors (Lipinski definition) is 0. The van der Waals surface area contributed by atoms with Gasteiger partial charge in [-0.2, -0.15) is 0 Å². The van der Waals surface area contributed by atoms with Crippen molar-refractivity contribution in [3.05, 3.63) is 90.1 Å². The Bertz CT molecular complexity index is 870. The molecule has 0 saturated heterocycles. The fraction of sp³-hybridized carbons (Fsp3) is 0.100. The molecule has 1 amide bonds. The van der Waals surface area contributed by atoms with Crippen molar-refractivity contribution in [3.63, 3.8) is 0 Å². The van der Waals surface area contributed by atoms with E-state index in [4.69, 9.17) is 4.74 Å². The predicted molar refractivity (Wildman–Crippen MR) is 93.7 cm³/mol. The fourth-order valence-electron chi connectivity index (χ4n) is 2.38. The first kappa shape index (κ1) is 17.5. The maximum absolute atomic E-state index is 13.4. The minimum atomic E-state index is -0.384. The molecule has 0 N–H and O–H groups in total. The first-order chi connectivity index (χ1) is 12.6. The maximum atomic E-state index is 13.4. The number of anilines is 1. The van der Waals surface area contributed by atoms with Crippen LogP contribution in [-0.2, 0) is 11.3 Å². The van der Waals surface area contributed by atoms with Gasteiger partial charge in [-0.05, 0) is 54.1 Å². The van der Waals surface area contributed by atoms with E-state index in [1.165, 1.54) is 41.3 Å². The summed E-state index contributed by atoms with van der Waals surface area (Å²) in [4.78, 5) is 18.3. The molecule has 0 saturated carbocycles. The lowest BCUT2D eigenvalue weighted by Gasteiger charge is -2.22. The Balaban J connectivity index is 1.76. The summed E-state index contributed by atoms with van der Waals surface area (Å²) in [6, 6.07) is 16.6. The van der Waals surface area contributed by atoms with Crippen LogP contribution in [0.3, 0.4) is 0 Å². The molecule has 6 heteroatoms. The van der Waals surface area contributed by atoms with Crippen molar-refractivity contribution in [3.8, 4) is 5.75 Å². The quantitative estimate of drug-likeness (QED) is 0.673. The molecular formula is C20H16F2N2O2. The van der Waals surface area contributed by atoms with E-state index in [0.29, 0.717) is 17.1 Å². The average molecular weight is 354 g/mol. The second-order valence-corrected chi connectivity index (χ2v) is 5.54. The van der Waals surface area contributed by atoms with Gasteiger partial charge in [0.2, 0.25) is 0 Å². The van der Waals surface area contributed by atoms with E-state index in [9.17, 15) is 13.6 Å². The Labute approximate surface area is 149 Å². The molecule has 0 unspecified atom stereocenters. The molecule has 0 aliphatic rings. The van der Waals surface area contributed by atoms with Gasteiger partial charge in [-0.15, -0.1) is 0 Å². The summed E-state index contributed by atoms with van der Waals surface area (Å²) in [6.45, 7) is -0.0993. The Morgan fingerprint density at radius 2 is 1.77 bits per heavy atom. The second-order valence-electron chi connectivity index (χ2n) is 5.54. The number of carbonyl (C=O) groups excluding carboxylic acids is 1. The number of rotatable bonds is 6. The van der Waals surface area contributed by atoms with Gasteiger partial charge in [-0.25, -0.2) is 13.8 Å². The molecular weight excluding hydrogens is 338 g/mol. The number of amides is 1. The molecule has 1 aromatic heterocycles. The highest BCUT2D eigenvalue weighted by Crippen LogP contribution is 2.17. The molecule has 0 aliphatic heterocycles. The molecule has 3 aromatic rings. The second kappa shape index (κ2) is 8.20. The topological polar surface area (TPSA) is 42.4 Å². The zero-order valence-electron chi connectivity index (χ0n) is 13.8. The first-order valence-electron chi connectivity index (χ1n) is 7.96. The highest BCUT2D eigenvalue weighted by Gasteiger charge is 2.18. The van der Waals surface area contributed by atoms with Crippen molar-refractivity contribution in [1.82, 2.24) is 4.98 Å². The third kappa shape index (κ3) is 4.63. The van der Waals surface area contributed by atoms with Gasteiger partial charge < -0.3 is 4.74 Å². The zero-order chi connectivity index (χ0) is 18.4. The lowest BCUT2D eigenvalue weighted by Crippen LogP contribution is -2.35. The normalized spacial score (nSPS) is 10.4. The molecule has 0 aliphatic carbocycles. The van der Waals surface area contributed by atoms with Crippen molar-refractivity contribution in [2.45, 2.75) is 6.54 Å². The lowest BCUT2D eigenvalue weighted by atomic mass is 10.2. The van der Waals surface area contributed by atoms with Crippen molar-refractivity contribution < 1.29 is 18.3 Å². The van der Waals surface area contributed by atoms with E-state index in [-0.39, 0.29) is 30.7 Å². The minimum Gasteiger partial charge on any atom is -0.484 e. The third-order valence-electron chi connectivity index (χ3n) is 3.63. The monoisotopic (exact) mass is 354 g/mol. The molecule has 26 heavy (non-hydrogen) atoms. The van der Waals surface area contributed by atoms with Crippen LogP contribution >= 0.6 is 0 Å². The van der Waals surface area contributed by atoms with Gasteiger partial charge in [0.1, 0.15) is 23.2 Å². The maximum Gasteiger partial charge on any atom is 0.266 e. The van der Waals surface area contributed by atoms with E-state index in [2.05, 4.69) is 4.98 Å². The van der Waals surface area contributed by atoms with Gasteiger partial charge in [0.05, 0.1) is 6.54 Å².